The van der Waals surface area contributed by atoms with Crippen molar-refractivity contribution in [3.05, 3.63) is 34.9 Å². The molecule has 17 heavy (non-hydrogen) atoms. The topological polar surface area (TPSA) is 17.1 Å². The summed E-state index contributed by atoms with van der Waals surface area (Å²) in [5.74, 6) is 2.71. The molecule has 0 aliphatic carbocycles. The monoisotopic (exact) mass is 250 g/mol. The lowest BCUT2D eigenvalue weighted by Gasteiger charge is -2.06. The Morgan fingerprint density at radius 3 is 2.29 bits per heavy atom. The third kappa shape index (κ3) is 5.92. The van der Waals surface area contributed by atoms with E-state index in [0.717, 1.165) is 11.3 Å². The summed E-state index contributed by atoms with van der Waals surface area (Å²) in [4.78, 5) is 11.8. The number of benzene rings is 1. The predicted octanol–water partition coefficient (Wildman–Crippen LogP) is 3.80. The molecule has 0 radical (unpaired) electrons. The molecule has 0 amide bonds. The maximum atomic E-state index is 11.8. The molecule has 0 saturated heterocycles. The quantitative estimate of drug-likeness (QED) is 0.764. The summed E-state index contributed by atoms with van der Waals surface area (Å²) in [6, 6.07) is 6.36. The summed E-state index contributed by atoms with van der Waals surface area (Å²) in [5, 5.41) is 0. The average molecular weight is 250 g/mol. The normalized spacial score (nSPS) is 10.9. The zero-order valence-corrected chi connectivity index (χ0v) is 12.1. The van der Waals surface area contributed by atoms with E-state index in [4.69, 9.17) is 0 Å². The third-order valence-corrected chi connectivity index (χ3v) is 3.83. The van der Waals surface area contributed by atoms with Crippen molar-refractivity contribution in [2.24, 2.45) is 5.92 Å². The molecule has 2 heteroatoms. The fraction of sp³-hybridized carbons (Fsp3) is 0.533. The van der Waals surface area contributed by atoms with Crippen molar-refractivity contribution in [2.75, 3.05) is 11.5 Å². The van der Waals surface area contributed by atoms with Crippen LogP contribution in [0.5, 0.6) is 0 Å². The van der Waals surface area contributed by atoms with Gasteiger partial charge in [0, 0.05) is 6.42 Å². The van der Waals surface area contributed by atoms with E-state index in [9.17, 15) is 4.79 Å². The largest absolute Gasteiger partial charge is 0.298 e. The van der Waals surface area contributed by atoms with Crippen molar-refractivity contribution in [1.82, 2.24) is 0 Å². The summed E-state index contributed by atoms with van der Waals surface area (Å²) < 4.78 is 0. The molecule has 94 valence electrons. The highest BCUT2D eigenvalue weighted by atomic mass is 32.2. The molecule has 0 spiro atoms. The summed E-state index contributed by atoms with van der Waals surface area (Å²) in [6.45, 7) is 8.52. The van der Waals surface area contributed by atoms with Crippen LogP contribution in [0.1, 0.15) is 30.5 Å². The summed E-state index contributed by atoms with van der Waals surface area (Å²) in [7, 11) is 0. The number of carbonyl (C=O) groups excluding carboxylic acids is 1. The smallest absolute Gasteiger partial charge is 0.147 e. The molecule has 0 N–H and O–H groups in total. The minimum atomic E-state index is 0.334. The Balaban J connectivity index is 2.45. The molecule has 0 aromatic heterocycles. The lowest BCUT2D eigenvalue weighted by molar-refractivity contribution is -0.116. The Labute approximate surface area is 109 Å². The summed E-state index contributed by atoms with van der Waals surface area (Å²) in [5.41, 5.74) is 3.63. The molecule has 0 saturated carbocycles. The Kier molecular flexibility index (Phi) is 5.76. The lowest BCUT2D eigenvalue weighted by atomic mass is 10.0. The second-order valence-electron chi connectivity index (χ2n) is 5.12. The second-order valence-corrected chi connectivity index (χ2v) is 6.15. The molecule has 0 heterocycles. The van der Waals surface area contributed by atoms with Crippen LogP contribution in [-0.2, 0) is 11.2 Å². The van der Waals surface area contributed by atoms with Crippen LogP contribution in [-0.4, -0.2) is 17.3 Å². The molecule has 1 nitrogen and oxygen atoms in total. The first-order chi connectivity index (χ1) is 7.97. The number of thioether (sulfide) groups is 1. The van der Waals surface area contributed by atoms with Crippen LogP contribution >= 0.6 is 11.8 Å². The van der Waals surface area contributed by atoms with E-state index in [1.165, 1.54) is 11.1 Å². The van der Waals surface area contributed by atoms with E-state index in [0.29, 0.717) is 23.9 Å². The van der Waals surface area contributed by atoms with Crippen molar-refractivity contribution in [3.63, 3.8) is 0 Å². The molecule has 0 fully saturated rings. The molecule has 0 aliphatic heterocycles. The molecule has 0 atom stereocenters. The van der Waals surface area contributed by atoms with Crippen LogP contribution in [0.2, 0.25) is 0 Å². The molecule has 0 bridgehead atoms. The number of Topliss-reactive ketones (excluding diaryl/α,β-unsaturated/α-hetero) is 1. The SMILES string of the molecule is Cc1cc(C)cc(CC(=O)CSCC(C)C)c1. The van der Waals surface area contributed by atoms with Gasteiger partial charge in [0.15, 0.2) is 0 Å². The number of rotatable bonds is 6. The van der Waals surface area contributed by atoms with Crippen molar-refractivity contribution in [1.29, 1.82) is 0 Å². The highest BCUT2D eigenvalue weighted by Crippen LogP contribution is 2.12. The van der Waals surface area contributed by atoms with Gasteiger partial charge in [0.1, 0.15) is 5.78 Å². The summed E-state index contributed by atoms with van der Waals surface area (Å²) in [6.07, 6.45) is 0.577. The fourth-order valence-corrected chi connectivity index (χ4v) is 2.78. The number of hydrogen-bond acceptors (Lipinski definition) is 2. The van der Waals surface area contributed by atoms with Gasteiger partial charge in [-0.1, -0.05) is 43.2 Å². The van der Waals surface area contributed by atoms with E-state index in [1.807, 2.05) is 0 Å². The van der Waals surface area contributed by atoms with E-state index in [-0.39, 0.29) is 0 Å². The van der Waals surface area contributed by atoms with Crippen molar-refractivity contribution in [3.8, 4) is 0 Å². The standard InChI is InChI=1S/C15H22OS/c1-11(2)9-17-10-15(16)8-14-6-12(3)5-13(4)7-14/h5-7,11H,8-10H2,1-4H3. The Morgan fingerprint density at radius 2 is 1.76 bits per heavy atom. The zero-order chi connectivity index (χ0) is 12.8. The van der Waals surface area contributed by atoms with E-state index >= 15 is 0 Å². The molecule has 1 rings (SSSR count). The van der Waals surface area contributed by atoms with E-state index in [2.05, 4.69) is 45.9 Å². The number of hydrogen-bond donors (Lipinski definition) is 0. The number of aryl methyl sites for hydroxylation is 2. The number of ketones is 1. The molecular weight excluding hydrogens is 228 g/mol. The molecular formula is C15H22OS. The van der Waals surface area contributed by atoms with Gasteiger partial charge in [-0.2, -0.15) is 11.8 Å². The van der Waals surface area contributed by atoms with E-state index in [1.54, 1.807) is 11.8 Å². The van der Waals surface area contributed by atoms with Gasteiger partial charge < -0.3 is 0 Å². The first kappa shape index (κ1) is 14.3. The molecule has 0 unspecified atom stereocenters. The van der Waals surface area contributed by atoms with Gasteiger partial charge in [0.25, 0.3) is 0 Å². The Bertz CT molecular complexity index is 362. The maximum Gasteiger partial charge on any atom is 0.147 e. The molecule has 1 aromatic carbocycles. The van der Waals surface area contributed by atoms with Crippen molar-refractivity contribution in [2.45, 2.75) is 34.1 Å². The minimum absolute atomic E-state index is 0.334. The molecule has 1 aromatic rings. The van der Waals surface area contributed by atoms with Crippen molar-refractivity contribution >= 4 is 17.5 Å². The first-order valence-corrected chi connectivity index (χ1v) is 7.29. The molecule has 0 aliphatic rings. The van der Waals surface area contributed by atoms with Gasteiger partial charge in [-0.05, 0) is 31.1 Å². The van der Waals surface area contributed by atoms with Crippen LogP contribution < -0.4 is 0 Å². The Morgan fingerprint density at radius 1 is 1.18 bits per heavy atom. The van der Waals surface area contributed by atoms with Crippen LogP contribution in [0, 0.1) is 19.8 Å². The van der Waals surface area contributed by atoms with E-state index < -0.39 is 0 Å². The predicted molar refractivity (Wildman–Crippen MR) is 76.8 cm³/mol. The Hall–Kier alpha value is -0.760. The highest BCUT2D eigenvalue weighted by molar-refractivity contribution is 7.99. The van der Waals surface area contributed by atoms with Crippen molar-refractivity contribution < 1.29 is 4.79 Å². The van der Waals surface area contributed by atoms with Gasteiger partial charge >= 0.3 is 0 Å². The van der Waals surface area contributed by atoms with Gasteiger partial charge in [0.05, 0.1) is 5.75 Å². The highest BCUT2D eigenvalue weighted by Gasteiger charge is 2.05. The van der Waals surface area contributed by atoms with Crippen LogP contribution in [0.25, 0.3) is 0 Å². The van der Waals surface area contributed by atoms with Crippen LogP contribution in [0.3, 0.4) is 0 Å². The maximum absolute atomic E-state index is 11.8. The van der Waals surface area contributed by atoms with Gasteiger partial charge in [-0.25, -0.2) is 0 Å². The van der Waals surface area contributed by atoms with Gasteiger partial charge in [-0.15, -0.1) is 0 Å². The minimum Gasteiger partial charge on any atom is -0.298 e. The third-order valence-electron chi connectivity index (χ3n) is 2.40. The number of carbonyl (C=O) groups is 1. The van der Waals surface area contributed by atoms with Crippen LogP contribution in [0.4, 0.5) is 0 Å². The lowest BCUT2D eigenvalue weighted by Crippen LogP contribution is -2.07. The van der Waals surface area contributed by atoms with Gasteiger partial charge in [0.2, 0.25) is 0 Å². The zero-order valence-electron chi connectivity index (χ0n) is 11.2. The summed E-state index contributed by atoms with van der Waals surface area (Å²) >= 11 is 1.75. The average Bonchev–Trinajstić information content (AvgIpc) is 2.14. The van der Waals surface area contributed by atoms with Crippen LogP contribution in [0.15, 0.2) is 18.2 Å². The fourth-order valence-electron chi connectivity index (χ4n) is 1.86. The van der Waals surface area contributed by atoms with Gasteiger partial charge in [-0.3, -0.25) is 4.79 Å². The first-order valence-electron chi connectivity index (χ1n) is 6.14. The second kappa shape index (κ2) is 6.85.